The maximum atomic E-state index is 12.6. The van der Waals surface area contributed by atoms with E-state index in [2.05, 4.69) is 19.2 Å². The quantitative estimate of drug-likeness (QED) is 0.832. The van der Waals surface area contributed by atoms with E-state index in [0.717, 1.165) is 16.0 Å². The fourth-order valence-electron chi connectivity index (χ4n) is 2.78. The Kier molecular flexibility index (Phi) is 5.82. The van der Waals surface area contributed by atoms with Gasteiger partial charge in [0.25, 0.3) is 5.91 Å². The molecule has 1 aliphatic rings. The highest BCUT2D eigenvalue weighted by molar-refractivity contribution is 5.99. The number of nitrogens with one attached hydrogen (secondary N) is 1. The fourth-order valence-corrected chi connectivity index (χ4v) is 2.78. The standard InChI is InChI=1S/C19H26N2O4/c1-11(2)14-6-7-15(16(10-14)12(3)4)18(23)25-13(5)17(22)21-9-8-20-19(21)24/h6-7,10-13H,8-9H2,1-5H3,(H,20,24)/t13-/m0/s1. The van der Waals surface area contributed by atoms with Crippen LogP contribution in [0.3, 0.4) is 0 Å². The van der Waals surface area contributed by atoms with Crippen LogP contribution in [0.5, 0.6) is 0 Å². The first kappa shape index (κ1) is 19.0. The van der Waals surface area contributed by atoms with Gasteiger partial charge < -0.3 is 10.1 Å². The van der Waals surface area contributed by atoms with E-state index in [4.69, 9.17) is 4.74 Å². The topological polar surface area (TPSA) is 75.7 Å². The number of esters is 1. The van der Waals surface area contributed by atoms with E-state index in [1.807, 2.05) is 26.0 Å². The molecular weight excluding hydrogens is 320 g/mol. The summed E-state index contributed by atoms with van der Waals surface area (Å²) in [4.78, 5) is 37.5. The zero-order valence-corrected chi connectivity index (χ0v) is 15.5. The molecule has 6 nitrogen and oxygen atoms in total. The molecule has 0 radical (unpaired) electrons. The Morgan fingerprint density at radius 1 is 1.12 bits per heavy atom. The van der Waals surface area contributed by atoms with Gasteiger partial charge in [0.15, 0.2) is 6.10 Å². The van der Waals surface area contributed by atoms with Crippen molar-refractivity contribution in [3.8, 4) is 0 Å². The normalized spacial score (nSPS) is 15.5. The number of nitrogens with zero attached hydrogens (tertiary/aromatic N) is 1. The largest absolute Gasteiger partial charge is 0.449 e. The Morgan fingerprint density at radius 3 is 2.32 bits per heavy atom. The Hall–Kier alpha value is -2.37. The smallest absolute Gasteiger partial charge is 0.339 e. The molecule has 0 unspecified atom stereocenters. The van der Waals surface area contributed by atoms with Crippen LogP contribution in [0.15, 0.2) is 18.2 Å². The number of carbonyl (C=O) groups is 3. The molecular formula is C19H26N2O4. The molecule has 0 spiro atoms. The number of urea groups is 1. The SMILES string of the molecule is CC(C)c1ccc(C(=O)O[C@@H](C)C(=O)N2CCNC2=O)c(C(C)C)c1. The number of hydrogen-bond donors (Lipinski definition) is 1. The minimum absolute atomic E-state index is 0.150. The van der Waals surface area contributed by atoms with Crippen molar-refractivity contribution in [1.82, 2.24) is 10.2 Å². The Bertz CT molecular complexity index is 682. The second kappa shape index (κ2) is 7.68. The van der Waals surface area contributed by atoms with Crippen LogP contribution in [0.4, 0.5) is 4.79 Å². The van der Waals surface area contributed by atoms with Gasteiger partial charge in [-0.15, -0.1) is 0 Å². The highest BCUT2D eigenvalue weighted by Gasteiger charge is 2.32. The predicted octanol–water partition coefficient (Wildman–Crippen LogP) is 3.03. The second-order valence-corrected chi connectivity index (χ2v) is 6.93. The van der Waals surface area contributed by atoms with Gasteiger partial charge in [-0.3, -0.25) is 9.69 Å². The van der Waals surface area contributed by atoms with Crippen LogP contribution in [0.2, 0.25) is 0 Å². The summed E-state index contributed by atoms with van der Waals surface area (Å²) >= 11 is 0. The molecule has 1 aromatic carbocycles. The Labute approximate surface area is 148 Å². The fraction of sp³-hybridized carbons (Fsp3) is 0.526. The molecule has 1 heterocycles. The molecule has 1 aromatic rings. The summed E-state index contributed by atoms with van der Waals surface area (Å²) in [6.07, 6.45) is -1.01. The average molecular weight is 346 g/mol. The average Bonchev–Trinajstić information content (AvgIpc) is 2.99. The van der Waals surface area contributed by atoms with Crippen molar-refractivity contribution in [1.29, 1.82) is 0 Å². The number of rotatable bonds is 5. The van der Waals surface area contributed by atoms with E-state index < -0.39 is 24.0 Å². The third kappa shape index (κ3) is 4.18. The van der Waals surface area contributed by atoms with Gasteiger partial charge in [0.05, 0.1) is 5.56 Å². The van der Waals surface area contributed by atoms with Crippen molar-refractivity contribution >= 4 is 17.9 Å². The third-order valence-corrected chi connectivity index (χ3v) is 4.34. The van der Waals surface area contributed by atoms with Crippen molar-refractivity contribution in [3.63, 3.8) is 0 Å². The van der Waals surface area contributed by atoms with Gasteiger partial charge in [-0.2, -0.15) is 0 Å². The molecule has 2 rings (SSSR count). The number of ether oxygens (including phenoxy) is 1. The summed E-state index contributed by atoms with van der Waals surface area (Å²) in [5, 5.41) is 2.56. The second-order valence-electron chi connectivity index (χ2n) is 6.93. The van der Waals surface area contributed by atoms with Gasteiger partial charge in [-0.05, 0) is 36.0 Å². The number of imide groups is 1. The number of carbonyl (C=O) groups excluding carboxylic acids is 3. The summed E-state index contributed by atoms with van der Waals surface area (Å²) in [6.45, 7) is 10.4. The van der Waals surface area contributed by atoms with Crippen LogP contribution in [-0.2, 0) is 9.53 Å². The molecule has 1 N–H and O–H groups in total. The first-order valence-corrected chi connectivity index (χ1v) is 8.66. The molecule has 136 valence electrons. The lowest BCUT2D eigenvalue weighted by Gasteiger charge is -2.20. The van der Waals surface area contributed by atoms with Gasteiger partial charge in [0.1, 0.15) is 0 Å². The summed E-state index contributed by atoms with van der Waals surface area (Å²) in [6, 6.07) is 5.24. The number of amides is 3. The Balaban J connectivity index is 2.17. The van der Waals surface area contributed by atoms with Crippen LogP contribution in [0, 0.1) is 0 Å². The summed E-state index contributed by atoms with van der Waals surface area (Å²) in [5.41, 5.74) is 2.51. The van der Waals surface area contributed by atoms with E-state index in [-0.39, 0.29) is 5.92 Å². The minimum Gasteiger partial charge on any atom is -0.449 e. The first-order valence-electron chi connectivity index (χ1n) is 8.66. The highest BCUT2D eigenvalue weighted by Crippen LogP contribution is 2.26. The molecule has 1 aliphatic heterocycles. The number of hydrogen-bond acceptors (Lipinski definition) is 4. The molecule has 0 bridgehead atoms. The minimum atomic E-state index is -1.01. The Morgan fingerprint density at radius 2 is 1.80 bits per heavy atom. The molecule has 0 saturated carbocycles. The lowest BCUT2D eigenvalue weighted by molar-refractivity contribution is -0.136. The van der Waals surface area contributed by atoms with E-state index in [1.54, 1.807) is 6.07 Å². The zero-order valence-electron chi connectivity index (χ0n) is 15.5. The van der Waals surface area contributed by atoms with Crippen molar-refractivity contribution < 1.29 is 19.1 Å². The zero-order chi connectivity index (χ0) is 18.7. The number of benzene rings is 1. The molecule has 0 aromatic heterocycles. The van der Waals surface area contributed by atoms with E-state index in [9.17, 15) is 14.4 Å². The molecule has 3 amide bonds. The molecule has 1 saturated heterocycles. The highest BCUT2D eigenvalue weighted by atomic mass is 16.5. The van der Waals surface area contributed by atoms with Gasteiger partial charge in [-0.25, -0.2) is 9.59 Å². The van der Waals surface area contributed by atoms with Gasteiger partial charge in [0.2, 0.25) is 0 Å². The first-order chi connectivity index (χ1) is 11.7. The molecule has 25 heavy (non-hydrogen) atoms. The van der Waals surface area contributed by atoms with Crippen LogP contribution in [0.1, 0.15) is 67.9 Å². The van der Waals surface area contributed by atoms with Gasteiger partial charge in [-0.1, -0.05) is 39.8 Å². The lowest BCUT2D eigenvalue weighted by atomic mass is 9.91. The van der Waals surface area contributed by atoms with Crippen molar-refractivity contribution in [2.24, 2.45) is 0 Å². The van der Waals surface area contributed by atoms with Crippen molar-refractivity contribution in [2.45, 2.75) is 52.6 Å². The van der Waals surface area contributed by atoms with Crippen molar-refractivity contribution in [2.75, 3.05) is 13.1 Å². The monoisotopic (exact) mass is 346 g/mol. The van der Waals surface area contributed by atoms with Crippen LogP contribution in [-0.4, -0.2) is 42.0 Å². The van der Waals surface area contributed by atoms with Crippen LogP contribution in [0.25, 0.3) is 0 Å². The van der Waals surface area contributed by atoms with Gasteiger partial charge in [0, 0.05) is 13.1 Å². The van der Waals surface area contributed by atoms with Crippen molar-refractivity contribution in [3.05, 3.63) is 34.9 Å². The lowest BCUT2D eigenvalue weighted by Crippen LogP contribution is -2.41. The third-order valence-electron chi connectivity index (χ3n) is 4.34. The molecule has 1 fully saturated rings. The molecule has 6 heteroatoms. The van der Waals surface area contributed by atoms with E-state index in [0.29, 0.717) is 24.6 Å². The van der Waals surface area contributed by atoms with E-state index in [1.165, 1.54) is 6.92 Å². The predicted molar refractivity (Wildman–Crippen MR) is 94.6 cm³/mol. The molecule has 1 atom stereocenters. The van der Waals surface area contributed by atoms with Crippen LogP contribution >= 0.6 is 0 Å². The maximum absolute atomic E-state index is 12.6. The summed E-state index contributed by atoms with van der Waals surface area (Å²) in [5.74, 6) is -0.541. The van der Waals surface area contributed by atoms with Crippen LogP contribution < -0.4 is 5.32 Å². The maximum Gasteiger partial charge on any atom is 0.339 e. The summed E-state index contributed by atoms with van der Waals surface area (Å²) < 4.78 is 5.34. The van der Waals surface area contributed by atoms with Gasteiger partial charge >= 0.3 is 12.0 Å². The molecule has 0 aliphatic carbocycles. The summed E-state index contributed by atoms with van der Waals surface area (Å²) in [7, 11) is 0. The van der Waals surface area contributed by atoms with E-state index >= 15 is 0 Å².